The fourth-order valence-electron chi connectivity index (χ4n) is 1.48. The highest BCUT2D eigenvalue weighted by atomic mass is 79.9. The zero-order valence-electron chi connectivity index (χ0n) is 10.0. The van der Waals surface area contributed by atoms with Crippen molar-refractivity contribution in [2.45, 2.75) is 19.3 Å². The second-order valence-corrected chi connectivity index (χ2v) is 5.09. The Bertz CT molecular complexity index is 375. The monoisotopic (exact) mass is 288 g/mol. The minimum atomic E-state index is -0.373. The van der Waals surface area contributed by atoms with Crippen LogP contribution in [0.25, 0.3) is 0 Å². The maximum atomic E-state index is 9.41. The van der Waals surface area contributed by atoms with Gasteiger partial charge in [-0.3, -0.25) is 0 Å². The van der Waals surface area contributed by atoms with E-state index in [2.05, 4.69) is 15.9 Å². The zero-order chi connectivity index (χ0) is 12.3. The highest BCUT2D eigenvalue weighted by molar-refractivity contribution is 9.10. The minimum Gasteiger partial charge on any atom is -0.497 e. The van der Waals surface area contributed by atoms with Crippen molar-refractivity contribution in [3.63, 3.8) is 0 Å². The maximum Gasteiger partial charge on any atom is 0.137 e. The van der Waals surface area contributed by atoms with E-state index in [4.69, 9.17) is 9.47 Å². The Hall–Kier alpha value is -0.740. The number of benzene rings is 1. The molecule has 0 aromatic heterocycles. The first kappa shape index (κ1) is 13.3. The summed E-state index contributed by atoms with van der Waals surface area (Å²) in [7, 11) is 3.23. The van der Waals surface area contributed by atoms with Crippen molar-refractivity contribution < 1.29 is 14.6 Å². The van der Waals surface area contributed by atoms with Gasteiger partial charge in [0.05, 0.1) is 25.3 Å². The van der Waals surface area contributed by atoms with Gasteiger partial charge in [-0.05, 0) is 28.1 Å². The van der Waals surface area contributed by atoms with Gasteiger partial charge in [-0.1, -0.05) is 13.8 Å². The van der Waals surface area contributed by atoms with Crippen LogP contribution in [0.5, 0.6) is 11.5 Å². The second kappa shape index (κ2) is 5.06. The molecule has 0 amide bonds. The van der Waals surface area contributed by atoms with E-state index in [1.54, 1.807) is 14.2 Å². The van der Waals surface area contributed by atoms with Gasteiger partial charge >= 0.3 is 0 Å². The lowest BCUT2D eigenvalue weighted by atomic mass is 9.85. The first-order chi connectivity index (χ1) is 7.46. The predicted octanol–water partition coefficient (Wildman–Crippen LogP) is 2.74. The molecule has 4 heteroatoms. The number of aliphatic hydroxyl groups is 1. The SMILES string of the molecule is COc1cc(Br)c(OC)c(C(C)(C)CO)c1. The van der Waals surface area contributed by atoms with Crippen LogP contribution in [0, 0.1) is 0 Å². The van der Waals surface area contributed by atoms with Crippen molar-refractivity contribution >= 4 is 15.9 Å². The predicted molar refractivity (Wildman–Crippen MR) is 67.4 cm³/mol. The number of halogens is 1. The third kappa shape index (κ3) is 2.50. The first-order valence-electron chi connectivity index (χ1n) is 4.99. The molecule has 0 unspecified atom stereocenters. The summed E-state index contributed by atoms with van der Waals surface area (Å²) in [4.78, 5) is 0. The Kier molecular flexibility index (Phi) is 4.21. The van der Waals surface area contributed by atoms with E-state index in [0.29, 0.717) is 0 Å². The summed E-state index contributed by atoms with van der Waals surface area (Å²) < 4.78 is 11.4. The van der Waals surface area contributed by atoms with Crippen molar-refractivity contribution in [1.29, 1.82) is 0 Å². The van der Waals surface area contributed by atoms with E-state index < -0.39 is 0 Å². The highest BCUT2D eigenvalue weighted by Gasteiger charge is 2.26. The Morgan fingerprint density at radius 2 is 1.88 bits per heavy atom. The van der Waals surface area contributed by atoms with E-state index in [-0.39, 0.29) is 12.0 Å². The average molecular weight is 289 g/mol. The summed E-state index contributed by atoms with van der Waals surface area (Å²) in [5.74, 6) is 1.48. The fraction of sp³-hybridized carbons (Fsp3) is 0.500. The van der Waals surface area contributed by atoms with Crippen molar-refractivity contribution in [1.82, 2.24) is 0 Å². The fourth-order valence-corrected chi connectivity index (χ4v) is 2.08. The van der Waals surface area contributed by atoms with Crippen LogP contribution in [0.4, 0.5) is 0 Å². The Balaban J connectivity index is 3.39. The molecular weight excluding hydrogens is 272 g/mol. The summed E-state index contributed by atoms with van der Waals surface area (Å²) in [6.45, 7) is 3.95. The van der Waals surface area contributed by atoms with E-state index in [1.807, 2.05) is 26.0 Å². The van der Waals surface area contributed by atoms with Crippen molar-refractivity contribution in [3.05, 3.63) is 22.2 Å². The van der Waals surface area contributed by atoms with Crippen LogP contribution in [-0.4, -0.2) is 25.9 Å². The van der Waals surface area contributed by atoms with Gasteiger partial charge in [0.25, 0.3) is 0 Å². The third-order valence-corrected chi connectivity index (χ3v) is 3.17. The highest BCUT2D eigenvalue weighted by Crippen LogP contribution is 2.39. The molecule has 0 radical (unpaired) electrons. The van der Waals surface area contributed by atoms with Gasteiger partial charge in [0.1, 0.15) is 11.5 Å². The molecule has 0 atom stereocenters. The molecule has 16 heavy (non-hydrogen) atoms. The van der Waals surface area contributed by atoms with Gasteiger partial charge in [-0.2, -0.15) is 0 Å². The van der Waals surface area contributed by atoms with Crippen LogP contribution in [0.3, 0.4) is 0 Å². The molecule has 0 fully saturated rings. The standard InChI is InChI=1S/C12H17BrO3/c1-12(2,7-14)9-5-8(15-3)6-10(13)11(9)16-4/h5-6,14H,7H2,1-4H3. The van der Waals surface area contributed by atoms with E-state index >= 15 is 0 Å². The Labute approximate surface area is 105 Å². The Morgan fingerprint density at radius 1 is 1.25 bits per heavy atom. The number of ether oxygens (including phenoxy) is 2. The lowest BCUT2D eigenvalue weighted by Gasteiger charge is -2.25. The van der Waals surface area contributed by atoms with Gasteiger partial charge in [-0.25, -0.2) is 0 Å². The normalized spacial score (nSPS) is 11.4. The molecule has 0 bridgehead atoms. The molecule has 0 aliphatic rings. The van der Waals surface area contributed by atoms with Crippen LogP contribution in [0.2, 0.25) is 0 Å². The molecule has 0 saturated carbocycles. The number of aliphatic hydroxyl groups excluding tert-OH is 1. The summed E-state index contributed by atoms with van der Waals surface area (Å²) in [6, 6.07) is 3.73. The molecule has 90 valence electrons. The van der Waals surface area contributed by atoms with Crippen LogP contribution < -0.4 is 9.47 Å². The largest absolute Gasteiger partial charge is 0.497 e. The zero-order valence-corrected chi connectivity index (χ0v) is 11.6. The lowest BCUT2D eigenvalue weighted by molar-refractivity contribution is 0.214. The van der Waals surface area contributed by atoms with Crippen molar-refractivity contribution in [2.75, 3.05) is 20.8 Å². The molecule has 1 N–H and O–H groups in total. The quantitative estimate of drug-likeness (QED) is 0.926. The number of hydrogen-bond acceptors (Lipinski definition) is 3. The molecule has 0 aliphatic heterocycles. The first-order valence-corrected chi connectivity index (χ1v) is 5.78. The van der Waals surface area contributed by atoms with E-state index in [9.17, 15) is 5.11 Å². The van der Waals surface area contributed by atoms with Crippen LogP contribution in [0.1, 0.15) is 19.4 Å². The number of rotatable bonds is 4. The molecule has 1 rings (SSSR count). The molecule has 0 aliphatic carbocycles. The van der Waals surface area contributed by atoms with Gasteiger partial charge < -0.3 is 14.6 Å². The molecule has 0 saturated heterocycles. The maximum absolute atomic E-state index is 9.41. The summed E-state index contributed by atoms with van der Waals surface area (Å²) in [5.41, 5.74) is 0.548. The summed E-state index contributed by atoms with van der Waals surface area (Å²) in [6.07, 6.45) is 0. The summed E-state index contributed by atoms with van der Waals surface area (Å²) >= 11 is 3.43. The molecule has 3 nitrogen and oxygen atoms in total. The number of hydrogen-bond donors (Lipinski definition) is 1. The van der Waals surface area contributed by atoms with Crippen LogP contribution >= 0.6 is 15.9 Å². The third-order valence-electron chi connectivity index (χ3n) is 2.58. The molecule has 0 heterocycles. The summed E-state index contributed by atoms with van der Waals surface area (Å²) in [5, 5.41) is 9.41. The van der Waals surface area contributed by atoms with Gasteiger partial charge in [0.15, 0.2) is 0 Å². The van der Waals surface area contributed by atoms with E-state index in [1.165, 1.54) is 0 Å². The second-order valence-electron chi connectivity index (χ2n) is 4.23. The smallest absolute Gasteiger partial charge is 0.137 e. The van der Waals surface area contributed by atoms with Crippen LogP contribution in [-0.2, 0) is 5.41 Å². The Morgan fingerprint density at radius 3 is 2.31 bits per heavy atom. The lowest BCUT2D eigenvalue weighted by Crippen LogP contribution is -2.23. The molecule has 0 spiro atoms. The average Bonchev–Trinajstić information content (AvgIpc) is 2.27. The van der Waals surface area contributed by atoms with Gasteiger partial charge in [0.2, 0.25) is 0 Å². The van der Waals surface area contributed by atoms with Gasteiger partial charge in [0, 0.05) is 11.0 Å². The van der Waals surface area contributed by atoms with E-state index in [0.717, 1.165) is 21.5 Å². The molecular formula is C12H17BrO3. The molecule has 1 aromatic carbocycles. The van der Waals surface area contributed by atoms with Crippen molar-refractivity contribution in [2.24, 2.45) is 0 Å². The van der Waals surface area contributed by atoms with Crippen molar-refractivity contribution in [3.8, 4) is 11.5 Å². The topological polar surface area (TPSA) is 38.7 Å². The van der Waals surface area contributed by atoms with Crippen LogP contribution in [0.15, 0.2) is 16.6 Å². The van der Waals surface area contributed by atoms with Gasteiger partial charge in [-0.15, -0.1) is 0 Å². The minimum absolute atomic E-state index is 0.0446. The molecule has 1 aromatic rings. The number of methoxy groups -OCH3 is 2.